The normalized spacial score (nSPS) is 23.2. The van der Waals surface area contributed by atoms with E-state index in [1.165, 1.54) is 0 Å². The summed E-state index contributed by atoms with van der Waals surface area (Å²) in [5.41, 5.74) is 7.15. The SMILES string of the molecule is NC1CC(CNC(=O)c2ccc(Cl)cc2Cl)(c2ccccn2)C1. The van der Waals surface area contributed by atoms with E-state index in [4.69, 9.17) is 28.9 Å². The number of hydrogen-bond acceptors (Lipinski definition) is 3. The molecule has 0 bridgehead atoms. The van der Waals surface area contributed by atoms with Gasteiger partial charge in [0.15, 0.2) is 0 Å². The van der Waals surface area contributed by atoms with E-state index in [-0.39, 0.29) is 17.4 Å². The fraction of sp³-hybridized carbons (Fsp3) is 0.294. The molecule has 0 saturated heterocycles. The smallest absolute Gasteiger partial charge is 0.252 e. The molecule has 0 spiro atoms. The molecule has 4 nitrogen and oxygen atoms in total. The first kappa shape index (κ1) is 16.2. The number of amides is 1. The summed E-state index contributed by atoms with van der Waals surface area (Å²) in [5, 5.41) is 3.80. The predicted octanol–water partition coefficient (Wildman–Crippen LogP) is 3.18. The Kier molecular flexibility index (Phi) is 4.57. The van der Waals surface area contributed by atoms with Crippen molar-refractivity contribution in [3.8, 4) is 0 Å². The number of nitrogens with two attached hydrogens (primary N) is 1. The van der Waals surface area contributed by atoms with Crippen molar-refractivity contribution in [2.75, 3.05) is 6.54 Å². The number of nitrogens with one attached hydrogen (secondary N) is 1. The van der Waals surface area contributed by atoms with Crippen LogP contribution in [0, 0.1) is 0 Å². The number of pyridine rings is 1. The highest BCUT2D eigenvalue weighted by molar-refractivity contribution is 6.36. The van der Waals surface area contributed by atoms with Crippen LogP contribution in [0.1, 0.15) is 28.9 Å². The van der Waals surface area contributed by atoms with Crippen LogP contribution in [0.4, 0.5) is 0 Å². The summed E-state index contributed by atoms with van der Waals surface area (Å²) in [6.07, 6.45) is 3.37. The zero-order chi connectivity index (χ0) is 16.4. The average molecular weight is 350 g/mol. The number of nitrogens with zero attached hydrogens (tertiary/aromatic N) is 1. The van der Waals surface area contributed by atoms with Crippen LogP contribution >= 0.6 is 23.2 Å². The van der Waals surface area contributed by atoms with Gasteiger partial charge in [-0.1, -0.05) is 29.3 Å². The van der Waals surface area contributed by atoms with Crippen LogP contribution in [0.15, 0.2) is 42.6 Å². The van der Waals surface area contributed by atoms with Crippen LogP contribution < -0.4 is 11.1 Å². The zero-order valence-electron chi connectivity index (χ0n) is 12.4. The summed E-state index contributed by atoms with van der Waals surface area (Å²) in [6, 6.07) is 10.8. The van der Waals surface area contributed by atoms with Crippen LogP contribution in [0.3, 0.4) is 0 Å². The van der Waals surface area contributed by atoms with E-state index < -0.39 is 0 Å². The Hall–Kier alpha value is -1.62. The van der Waals surface area contributed by atoms with Gasteiger partial charge >= 0.3 is 0 Å². The second-order valence-corrected chi connectivity index (χ2v) is 6.81. The van der Waals surface area contributed by atoms with Gasteiger partial charge in [-0.15, -0.1) is 0 Å². The lowest BCUT2D eigenvalue weighted by atomic mass is 9.63. The monoisotopic (exact) mass is 349 g/mol. The molecule has 1 heterocycles. The Balaban J connectivity index is 1.74. The number of aromatic nitrogens is 1. The van der Waals surface area contributed by atoms with Gasteiger partial charge in [0.05, 0.1) is 10.6 Å². The van der Waals surface area contributed by atoms with Crippen molar-refractivity contribution in [2.24, 2.45) is 5.73 Å². The second kappa shape index (κ2) is 6.48. The fourth-order valence-corrected chi connectivity index (χ4v) is 3.58. The zero-order valence-corrected chi connectivity index (χ0v) is 13.9. The molecule has 120 valence electrons. The molecule has 6 heteroatoms. The van der Waals surface area contributed by atoms with Crippen molar-refractivity contribution in [3.05, 3.63) is 63.9 Å². The third-order valence-electron chi connectivity index (χ3n) is 4.28. The van der Waals surface area contributed by atoms with Crippen molar-refractivity contribution in [2.45, 2.75) is 24.3 Å². The molecule has 1 saturated carbocycles. The molecule has 0 radical (unpaired) electrons. The van der Waals surface area contributed by atoms with Gasteiger partial charge in [-0.3, -0.25) is 9.78 Å². The third kappa shape index (κ3) is 3.34. The van der Waals surface area contributed by atoms with Gasteiger partial charge in [-0.2, -0.15) is 0 Å². The number of carbonyl (C=O) groups excluding carboxylic acids is 1. The van der Waals surface area contributed by atoms with Crippen LogP contribution in [-0.2, 0) is 5.41 Å². The van der Waals surface area contributed by atoms with E-state index in [9.17, 15) is 4.79 Å². The molecule has 3 N–H and O–H groups in total. The molecule has 1 aromatic carbocycles. The first-order chi connectivity index (χ1) is 11.0. The molecule has 1 aromatic heterocycles. The first-order valence-corrected chi connectivity index (χ1v) is 8.16. The van der Waals surface area contributed by atoms with Crippen molar-refractivity contribution < 1.29 is 4.79 Å². The van der Waals surface area contributed by atoms with E-state index in [0.717, 1.165) is 18.5 Å². The molecule has 0 aliphatic heterocycles. The maximum Gasteiger partial charge on any atom is 0.252 e. The lowest BCUT2D eigenvalue weighted by Gasteiger charge is -2.45. The average Bonchev–Trinajstić information content (AvgIpc) is 2.51. The maximum absolute atomic E-state index is 12.4. The Morgan fingerprint density at radius 3 is 2.70 bits per heavy atom. The fourth-order valence-electron chi connectivity index (χ4n) is 3.08. The topological polar surface area (TPSA) is 68.0 Å². The summed E-state index contributed by atoms with van der Waals surface area (Å²) < 4.78 is 0. The highest BCUT2D eigenvalue weighted by atomic mass is 35.5. The van der Waals surface area contributed by atoms with Crippen molar-refractivity contribution in [3.63, 3.8) is 0 Å². The Morgan fingerprint density at radius 1 is 1.30 bits per heavy atom. The predicted molar refractivity (Wildman–Crippen MR) is 91.9 cm³/mol. The molecule has 0 atom stereocenters. The van der Waals surface area contributed by atoms with Gasteiger partial charge in [-0.05, 0) is 43.2 Å². The molecule has 2 aromatic rings. The Morgan fingerprint density at radius 2 is 2.09 bits per heavy atom. The Bertz CT molecular complexity index is 715. The third-order valence-corrected chi connectivity index (χ3v) is 4.82. The minimum absolute atomic E-state index is 0.146. The molecular weight excluding hydrogens is 333 g/mol. The summed E-state index contributed by atoms with van der Waals surface area (Å²) in [7, 11) is 0. The number of hydrogen-bond donors (Lipinski definition) is 2. The number of benzene rings is 1. The molecule has 3 rings (SSSR count). The second-order valence-electron chi connectivity index (χ2n) is 5.97. The van der Waals surface area contributed by atoms with Crippen molar-refractivity contribution in [1.82, 2.24) is 10.3 Å². The lowest BCUT2D eigenvalue weighted by molar-refractivity contribution is 0.0918. The van der Waals surface area contributed by atoms with E-state index >= 15 is 0 Å². The molecule has 1 aliphatic carbocycles. The van der Waals surface area contributed by atoms with Gasteiger partial charge in [0, 0.05) is 34.9 Å². The molecule has 23 heavy (non-hydrogen) atoms. The van der Waals surface area contributed by atoms with Gasteiger partial charge in [0.1, 0.15) is 0 Å². The standard InChI is InChI=1S/C17H17Cl2N3O/c18-11-4-5-13(14(19)7-11)16(23)22-10-17(8-12(20)9-17)15-3-1-2-6-21-15/h1-7,12H,8-10,20H2,(H,22,23). The quantitative estimate of drug-likeness (QED) is 0.890. The van der Waals surface area contributed by atoms with Crippen LogP contribution in [0.2, 0.25) is 10.0 Å². The van der Waals surface area contributed by atoms with Gasteiger partial charge in [0.2, 0.25) is 0 Å². The highest BCUT2D eigenvalue weighted by Crippen LogP contribution is 2.41. The minimum Gasteiger partial charge on any atom is -0.351 e. The highest BCUT2D eigenvalue weighted by Gasteiger charge is 2.45. The minimum atomic E-state index is -0.220. The van der Waals surface area contributed by atoms with Crippen molar-refractivity contribution in [1.29, 1.82) is 0 Å². The van der Waals surface area contributed by atoms with E-state index in [1.807, 2.05) is 18.2 Å². The number of halogens is 2. The summed E-state index contributed by atoms with van der Waals surface area (Å²) in [6.45, 7) is 0.482. The van der Waals surface area contributed by atoms with Crippen molar-refractivity contribution >= 4 is 29.1 Å². The van der Waals surface area contributed by atoms with Gasteiger partial charge in [0.25, 0.3) is 5.91 Å². The number of carbonyl (C=O) groups is 1. The molecule has 0 unspecified atom stereocenters. The summed E-state index contributed by atoms with van der Waals surface area (Å²) in [5.74, 6) is -0.220. The molecule has 1 fully saturated rings. The van der Waals surface area contributed by atoms with E-state index in [1.54, 1.807) is 24.4 Å². The molecular formula is C17H17Cl2N3O. The largest absolute Gasteiger partial charge is 0.351 e. The lowest BCUT2D eigenvalue weighted by Crippen LogP contribution is -2.55. The molecule has 1 aliphatic rings. The summed E-state index contributed by atoms with van der Waals surface area (Å²) in [4.78, 5) is 16.8. The van der Waals surface area contributed by atoms with Crippen LogP contribution in [-0.4, -0.2) is 23.5 Å². The van der Waals surface area contributed by atoms with E-state index in [0.29, 0.717) is 22.2 Å². The van der Waals surface area contributed by atoms with Crippen LogP contribution in [0.5, 0.6) is 0 Å². The molecule has 1 amide bonds. The van der Waals surface area contributed by atoms with Gasteiger partial charge in [-0.25, -0.2) is 0 Å². The maximum atomic E-state index is 12.4. The number of rotatable bonds is 4. The first-order valence-electron chi connectivity index (χ1n) is 7.40. The van der Waals surface area contributed by atoms with Crippen LogP contribution in [0.25, 0.3) is 0 Å². The summed E-state index contributed by atoms with van der Waals surface area (Å²) >= 11 is 11.9. The Labute approximate surface area is 145 Å². The van der Waals surface area contributed by atoms with E-state index in [2.05, 4.69) is 10.3 Å². The van der Waals surface area contributed by atoms with Gasteiger partial charge < -0.3 is 11.1 Å².